The Labute approximate surface area is 115 Å². The number of allylic oxidation sites excluding steroid dienone is 1. The predicted octanol–water partition coefficient (Wildman–Crippen LogP) is 0.978. The van der Waals surface area contributed by atoms with E-state index in [0.29, 0.717) is 11.5 Å². The van der Waals surface area contributed by atoms with Gasteiger partial charge in [0.2, 0.25) is 11.8 Å². The number of aryl methyl sites for hydroxylation is 3. The van der Waals surface area contributed by atoms with E-state index in [9.17, 15) is 5.26 Å². The minimum Gasteiger partial charge on any atom is -0.420 e. The molecule has 2 aromatic heterocycles. The molecule has 3 heterocycles. The molecule has 0 bridgehead atoms. The van der Waals surface area contributed by atoms with E-state index in [-0.39, 0.29) is 11.8 Å². The van der Waals surface area contributed by atoms with Crippen LogP contribution in [0.25, 0.3) is 0 Å². The van der Waals surface area contributed by atoms with Crippen LogP contribution in [0.1, 0.15) is 28.4 Å². The Balaban J connectivity index is 2.28. The average molecular weight is 270 g/mol. The number of aromatic nitrogens is 4. The molecule has 0 saturated carbocycles. The van der Waals surface area contributed by atoms with Crippen molar-refractivity contribution in [3.63, 3.8) is 0 Å². The van der Waals surface area contributed by atoms with E-state index in [2.05, 4.69) is 21.4 Å². The number of nitrogens with one attached hydrogen (secondary N) is 1. The first-order valence-corrected chi connectivity index (χ1v) is 6.15. The van der Waals surface area contributed by atoms with Gasteiger partial charge in [-0.25, -0.2) is 0 Å². The summed E-state index contributed by atoms with van der Waals surface area (Å²) in [6.07, 6.45) is 1.90. The summed E-state index contributed by atoms with van der Waals surface area (Å²) in [4.78, 5) is 0. The van der Waals surface area contributed by atoms with Crippen LogP contribution in [0.5, 0.6) is 5.88 Å². The second kappa shape index (κ2) is 4.13. The van der Waals surface area contributed by atoms with Gasteiger partial charge in [-0.15, -0.1) is 5.10 Å². The topological polar surface area (TPSA) is 106 Å². The first-order valence-electron chi connectivity index (χ1n) is 6.15. The molecule has 0 spiro atoms. The number of ether oxygens (including phenoxy) is 1. The molecule has 0 aromatic carbocycles. The van der Waals surface area contributed by atoms with Crippen LogP contribution in [0.15, 0.2) is 17.7 Å². The molecule has 7 nitrogen and oxygen atoms in total. The van der Waals surface area contributed by atoms with E-state index in [4.69, 9.17) is 10.5 Å². The van der Waals surface area contributed by atoms with E-state index in [1.54, 1.807) is 4.68 Å². The minimum absolute atomic E-state index is 0.0970. The number of nitriles is 1. The summed E-state index contributed by atoms with van der Waals surface area (Å²) in [5.74, 6) is 0.225. The molecule has 2 aromatic rings. The normalized spacial score (nSPS) is 17.6. The molecule has 0 amide bonds. The predicted molar refractivity (Wildman–Crippen MR) is 70.6 cm³/mol. The molecule has 20 heavy (non-hydrogen) atoms. The van der Waals surface area contributed by atoms with Crippen LogP contribution in [0.2, 0.25) is 0 Å². The number of nitrogens with zero attached hydrogens (tertiary/aromatic N) is 4. The molecule has 1 aliphatic rings. The van der Waals surface area contributed by atoms with Crippen molar-refractivity contribution in [1.29, 1.82) is 5.26 Å². The standard InChI is InChI=1S/C13H14N6O/c1-6-9(5-19(3)18-6)11-8(4-14)12(15)20-13-10(11)7(2)16-17-13/h5,11H,15H2,1-3H3,(H,16,17). The number of nitrogens with two attached hydrogens (primary N) is 1. The third-order valence-corrected chi connectivity index (χ3v) is 3.49. The van der Waals surface area contributed by atoms with E-state index in [1.165, 1.54) is 0 Å². The van der Waals surface area contributed by atoms with Gasteiger partial charge in [0.1, 0.15) is 11.6 Å². The number of fused-ring (bicyclic) bond motifs is 1. The zero-order valence-electron chi connectivity index (χ0n) is 11.4. The van der Waals surface area contributed by atoms with Crippen molar-refractivity contribution in [3.8, 4) is 11.9 Å². The van der Waals surface area contributed by atoms with Crippen molar-refractivity contribution in [2.75, 3.05) is 0 Å². The fourth-order valence-corrected chi connectivity index (χ4v) is 2.61. The lowest BCUT2D eigenvalue weighted by atomic mass is 9.84. The van der Waals surface area contributed by atoms with Crippen molar-refractivity contribution in [1.82, 2.24) is 20.0 Å². The second-order valence-corrected chi connectivity index (χ2v) is 4.84. The van der Waals surface area contributed by atoms with Crippen LogP contribution in [0.4, 0.5) is 0 Å². The third-order valence-electron chi connectivity index (χ3n) is 3.49. The third kappa shape index (κ3) is 1.58. The first-order chi connectivity index (χ1) is 9.52. The van der Waals surface area contributed by atoms with Crippen LogP contribution in [-0.4, -0.2) is 20.0 Å². The van der Waals surface area contributed by atoms with Crippen LogP contribution >= 0.6 is 0 Å². The Bertz CT molecular complexity index is 760. The maximum Gasteiger partial charge on any atom is 0.244 e. The Morgan fingerprint density at radius 1 is 1.50 bits per heavy atom. The Morgan fingerprint density at radius 2 is 2.25 bits per heavy atom. The Morgan fingerprint density at radius 3 is 2.85 bits per heavy atom. The van der Waals surface area contributed by atoms with Gasteiger partial charge >= 0.3 is 0 Å². The van der Waals surface area contributed by atoms with Crippen molar-refractivity contribution < 1.29 is 4.74 Å². The van der Waals surface area contributed by atoms with Gasteiger partial charge in [-0.3, -0.25) is 9.78 Å². The fourth-order valence-electron chi connectivity index (χ4n) is 2.61. The highest BCUT2D eigenvalue weighted by Crippen LogP contribution is 2.43. The first kappa shape index (κ1) is 12.3. The van der Waals surface area contributed by atoms with Gasteiger partial charge in [-0.05, 0) is 13.8 Å². The molecule has 0 fully saturated rings. The van der Waals surface area contributed by atoms with Crippen molar-refractivity contribution in [2.24, 2.45) is 12.8 Å². The van der Waals surface area contributed by atoms with Gasteiger partial charge in [0.15, 0.2) is 0 Å². The molecule has 0 aliphatic carbocycles. The Kier molecular flexibility index (Phi) is 2.54. The van der Waals surface area contributed by atoms with E-state index in [1.807, 2.05) is 27.1 Å². The van der Waals surface area contributed by atoms with Gasteiger partial charge in [-0.1, -0.05) is 0 Å². The highest BCUT2D eigenvalue weighted by atomic mass is 16.5. The minimum atomic E-state index is -0.295. The van der Waals surface area contributed by atoms with Crippen LogP contribution < -0.4 is 10.5 Å². The highest BCUT2D eigenvalue weighted by Gasteiger charge is 2.35. The number of H-pyrrole nitrogens is 1. The lowest BCUT2D eigenvalue weighted by Crippen LogP contribution is -2.21. The SMILES string of the molecule is Cc1nn(C)cc1C1C(C#N)=C(N)Oc2n[nH]c(C)c21. The molecule has 1 atom stereocenters. The highest BCUT2D eigenvalue weighted by molar-refractivity contribution is 5.55. The number of aromatic amines is 1. The van der Waals surface area contributed by atoms with Crippen molar-refractivity contribution in [2.45, 2.75) is 19.8 Å². The Hall–Kier alpha value is -2.75. The number of hydrogen-bond donors (Lipinski definition) is 2. The molecule has 7 heteroatoms. The van der Waals surface area contributed by atoms with E-state index in [0.717, 1.165) is 22.5 Å². The smallest absolute Gasteiger partial charge is 0.244 e. The summed E-state index contributed by atoms with van der Waals surface area (Å²) in [6.45, 7) is 3.80. The molecular formula is C13H14N6O. The largest absolute Gasteiger partial charge is 0.420 e. The van der Waals surface area contributed by atoms with Gasteiger partial charge in [0, 0.05) is 30.1 Å². The summed E-state index contributed by atoms with van der Waals surface area (Å²) in [5.41, 5.74) is 9.72. The average Bonchev–Trinajstić information content (AvgIpc) is 2.91. The lowest BCUT2D eigenvalue weighted by molar-refractivity contribution is 0.378. The molecule has 3 rings (SSSR count). The lowest BCUT2D eigenvalue weighted by Gasteiger charge is -2.22. The summed E-state index contributed by atoms with van der Waals surface area (Å²) < 4.78 is 7.14. The van der Waals surface area contributed by atoms with Crippen molar-refractivity contribution >= 4 is 0 Å². The van der Waals surface area contributed by atoms with Gasteiger partial charge < -0.3 is 10.5 Å². The van der Waals surface area contributed by atoms with E-state index >= 15 is 0 Å². The number of rotatable bonds is 1. The molecular weight excluding hydrogens is 256 g/mol. The maximum absolute atomic E-state index is 9.42. The van der Waals surface area contributed by atoms with Gasteiger partial charge in [0.05, 0.1) is 11.6 Å². The zero-order valence-corrected chi connectivity index (χ0v) is 11.4. The molecule has 1 unspecified atom stereocenters. The van der Waals surface area contributed by atoms with Crippen LogP contribution in [0.3, 0.4) is 0 Å². The van der Waals surface area contributed by atoms with Crippen LogP contribution in [-0.2, 0) is 7.05 Å². The summed E-state index contributed by atoms with van der Waals surface area (Å²) in [7, 11) is 1.85. The summed E-state index contributed by atoms with van der Waals surface area (Å²) >= 11 is 0. The summed E-state index contributed by atoms with van der Waals surface area (Å²) in [6, 6.07) is 2.15. The fraction of sp³-hybridized carbons (Fsp3) is 0.308. The second-order valence-electron chi connectivity index (χ2n) is 4.84. The summed E-state index contributed by atoms with van der Waals surface area (Å²) in [5, 5.41) is 20.7. The van der Waals surface area contributed by atoms with E-state index < -0.39 is 0 Å². The van der Waals surface area contributed by atoms with Crippen LogP contribution in [0, 0.1) is 25.2 Å². The molecule has 0 radical (unpaired) electrons. The molecule has 102 valence electrons. The quantitative estimate of drug-likeness (QED) is 0.803. The monoisotopic (exact) mass is 270 g/mol. The number of hydrogen-bond acceptors (Lipinski definition) is 5. The van der Waals surface area contributed by atoms with Crippen molar-refractivity contribution in [3.05, 3.63) is 40.2 Å². The molecule has 0 saturated heterocycles. The molecule has 3 N–H and O–H groups in total. The van der Waals surface area contributed by atoms with Gasteiger partial charge in [0.25, 0.3) is 0 Å². The zero-order chi connectivity index (χ0) is 14.4. The molecule has 1 aliphatic heterocycles. The maximum atomic E-state index is 9.42. The van der Waals surface area contributed by atoms with Gasteiger partial charge in [-0.2, -0.15) is 10.4 Å².